The third-order valence-corrected chi connectivity index (χ3v) is 5.50. The molecule has 0 aromatic heterocycles. The summed E-state index contributed by atoms with van der Waals surface area (Å²) in [5.41, 5.74) is 0.765. The van der Waals surface area contributed by atoms with Crippen molar-refractivity contribution in [3.05, 3.63) is 54.1 Å². The van der Waals surface area contributed by atoms with Crippen molar-refractivity contribution in [2.24, 2.45) is 0 Å². The van der Waals surface area contributed by atoms with Crippen LogP contribution in [0.3, 0.4) is 0 Å². The minimum atomic E-state index is -3.48. The second-order valence-electron chi connectivity index (χ2n) is 6.00. The summed E-state index contributed by atoms with van der Waals surface area (Å²) in [6, 6.07) is 13.5. The van der Waals surface area contributed by atoms with E-state index in [2.05, 4.69) is 6.92 Å². The van der Waals surface area contributed by atoms with Crippen molar-refractivity contribution in [1.29, 1.82) is 0 Å². The highest BCUT2D eigenvalue weighted by Crippen LogP contribution is 2.26. The van der Waals surface area contributed by atoms with Gasteiger partial charge < -0.3 is 4.74 Å². The molecule has 0 bridgehead atoms. The van der Waals surface area contributed by atoms with E-state index in [0.717, 1.165) is 12.0 Å². The van der Waals surface area contributed by atoms with Crippen LogP contribution < -0.4 is 4.74 Å². The van der Waals surface area contributed by atoms with E-state index >= 15 is 0 Å². The molecule has 0 aliphatic rings. The van der Waals surface area contributed by atoms with Gasteiger partial charge >= 0.3 is 0 Å². The van der Waals surface area contributed by atoms with E-state index in [-0.39, 0.29) is 10.5 Å². The Morgan fingerprint density at radius 2 is 1.36 bits per heavy atom. The Morgan fingerprint density at radius 3 is 1.82 bits per heavy atom. The first-order valence-electron chi connectivity index (χ1n) is 7.35. The van der Waals surface area contributed by atoms with E-state index in [0.29, 0.717) is 10.6 Å². The van der Waals surface area contributed by atoms with Gasteiger partial charge in [-0.2, -0.15) is 0 Å². The van der Waals surface area contributed by atoms with E-state index in [9.17, 15) is 8.42 Å². The van der Waals surface area contributed by atoms with Gasteiger partial charge in [-0.3, -0.25) is 0 Å². The summed E-state index contributed by atoms with van der Waals surface area (Å²) in [6.07, 6.45) is 0.871. The number of hydrogen-bond acceptors (Lipinski definition) is 3. The maximum Gasteiger partial charge on any atom is 0.206 e. The van der Waals surface area contributed by atoms with E-state index in [4.69, 9.17) is 4.74 Å². The zero-order valence-corrected chi connectivity index (χ0v) is 14.3. The van der Waals surface area contributed by atoms with E-state index in [1.54, 1.807) is 48.5 Å². The van der Waals surface area contributed by atoms with Gasteiger partial charge in [-0.25, -0.2) is 8.42 Å². The topological polar surface area (TPSA) is 43.4 Å². The smallest absolute Gasteiger partial charge is 0.206 e. The first-order valence-corrected chi connectivity index (χ1v) is 8.84. The fourth-order valence-electron chi connectivity index (χ4n) is 1.93. The second kappa shape index (κ2) is 6.13. The van der Waals surface area contributed by atoms with Crippen LogP contribution in [-0.2, 0) is 9.84 Å². The van der Waals surface area contributed by atoms with Gasteiger partial charge in [0, 0.05) is 0 Å². The standard InChI is InChI=1S/C18H22O3S/c1-5-18(3,4)21-15-8-12-17(13-9-15)22(19,20)16-10-6-14(2)7-11-16/h6-13H,5H2,1-4H3. The molecule has 0 aliphatic heterocycles. The van der Waals surface area contributed by atoms with Gasteiger partial charge in [-0.05, 0) is 63.6 Å². The van der Waals surface area contributed by atoms with Crippen LogP contribution in [0.25, 0.3) is 0 Å². The van der Waals surface area contributed by atoms with Crippen LogP contribution in [0.5, 0.6) is 5.75 Å². The number of aryl methyl sites for hydroxylation is 1. The van der Waals surface area contributed by atoms with Crippen LogP contribution in [0.4, 0.5) is 0 Å². The Hall–Kier alpha value is -1.81. The highest BCUT2D eigenvalue weighted by molar-refractivity contribution is 7.91. The molecule has 22 heavy (non-hydrogen) atoms. The quantitative estimate of drug-likeness (QED) is 0.821. The molecular weight excluding hydrogens is 296 g/mol. The largest absolute Gasteiger partial charge is 0.488 e. The summed E-state index contributed by atoms with van der Waals surface area (Å²) in [4.78, 5) is 0.582. The highest BCUT2D eigenvalue weighted by Gasteiger charge is 2.19. The lowest BCUT2D eigenvalue weighted by molar-refractivity contribution is 0.105. The van der Waals surface area contributed by atoms with Crippen LogP contribution in [-0.4, -0.2) is 14.0 Å². The minimum absolute atomic E-state index is 0.267. The van der Waals surface area contributed by atoms with Gasteiger partial charge in [0.25, 0.3) is 0 Å². The number of rotatable bonds is 5. The summed E-state index contributed by atoms with van der Waals surface area (Å²) < 4.78 is 31.0. The molecule has 0 N–H and O–H groups in total. The van der Waals surface area contributed by atoms with E-state index in [1.807, 2.05) is 20.8 Å². The van der Waals surface area contributed by atoms with Crippen LogP contribution in [0.15, 0.2) is 58.3 Å². The van der Waals surface area contributed by atoms with E-state index in [1.165, 1.54) is 0 Å². The molecule has 4 heteroatoms. The van der Waals surface area contributed by atoms with Gasteiger partial charge in [0.05, 0.1) is 9.79 Å². The molecule has 0 amide bonds. The van der Waals surface area contributed by atoms with Gasteiger partial charge in [0.2, 0.25) is 9.84 Å². The molecule has 3 nitrogen and oxygen atoms in total. The molecule has 0 saturated heterocycles. The summed E-state index contributed by atoms with van der Waals surface area (Å²) in [7, 11) is -3.48. The maximum atomic E-state index is 12.6. The predicted octanol–water partition coefficient (Wildman–Crippen LogP) is 4.40. The molecule has 2 aromatic rings. The number of ether oxygens (including phenoxy) is 1. The number of hydrogen-bond donors (Lipinski definition) is 0. The van der Waals surface area contributed by atoms with Crippen LogP contribution >= 0.6 is 0 Å². The van der Waals surface area contributed by atoms with Crippen molar-refractivity contribution in [3.63, 3.8) is 0 Å². The number of sulfone groups is 1. The molecular formula is C18H22O3S. The SMILES string of the molecule is CCC(C)(C)Oc1ccc(S(=O)(=O)c2ccc(C)cc2)cc1. The Balaban J connectivity index is 2.28. The minimum Gasteiger partial charge on any atom is -0.488 e. The zero-order chi connectivity index (χ0) is 16.4. The van der Waals surface area contributed by atoms with Crippen molar-refractivity contribution >= 4 is 9.84 Å². The van der Waals surface area contributed by atoms with Gasteiger partial charge in [0.1, 0.15) is 11.4 Å². The van der Waals surface area contributed by atoms with Gasteiger partial charge in [-0.1, -0.05) is 24.6 Å². The Morgan fingerprint density at radius 1 is 0.909 bits per heavy atom. The van der Waals surface area contributed by atoms with Gasteiger partial charge in [0.15, 0.2) is 0 Å². The summed E-state index contributed by atoms with van der Waals surface area (Å²) in [5.74, 6) is 0.676. The maximum absolute atomic E-state index is 12.6. The van der Waals surface area contributed by atoms with Crippen molar-refractivity contribution in [2.75, 3.05) is 0 Å². The Labute approximate surface area is 132 Å². The fraction of sp³-hybridized carbons (Fsp3) is 0.333. The summed E-state index contributed by atoms with van der Waals surface area (Å²) in [5, 5.41) is 0. The Bertz CT molecular complexity index is 727. The first kappa shape index (κ1) is 16.6. The monoisotopic (exact) mass is 318 g/mol. The van der Waals surface area contributed by atoms with Crippen molar-refractivity contribution in [1.82, 2.24) is 0 Å². The van der Waals surface area contributed by atoms with Crippen LogP contribution in [0, 0.1) is 6.92 Å². The molecule has 0 radical (unpaired) electrons. The third-order valence-electron chi connectivity index (χ3n) is 3.71. The molecule has 0 heterocycles. The third kappa shape index (κ3) is 3.69. The lowest BCUT2D eigenvalue weighted by Gasteiger charge is -2.24. The zero-order valence-electron chi connectivity index (χ0n) is 13.5. The molecule has 0 aliphatic carbocycles. The average Bonchev–Trinajstić information content (AvgIpc) is 2.48. The highest BCUT2D eigenvalue weighted by atomic mass is 32.2. The summed E-state index contributed by atoms with van der Waals surface area (Å²) >= 11 is 0. The van der Waals surface area contributed by atoms with Crippen molar-refractivity contribution < 1.29 is 13.2 Å². The molecule has 0 saturated carbocycles. The van der Waals surface area contributed by atoms with Crippen LogP contribution in [0.1, 0.15) is 32.8 Å². The van der Waals surface area contributed by atoms with Crippen LogP contribution in [0.2, 0.25) is 0 Å². The lowest BCUT2D eigenvalue weighted by atomic mass is 10.1. The Kier molecular flexibility index (Phi) is 4.61. The lowest BCUT2D eigenvalue weighted by Crippen LogP contribution is -2.26. The number of benzene rings is 2. The molecule has 118 valence electrons. The van der Waals surface area contributed by atoms with Gasteiger partial charge in [-0.15, -0.1) is 0 Å². The summed E-state index contributed by atoms with van der Waals surface area (Å²) in [6.45, 7) is 7.99. The predicted molar refractivity (Wildman–Crippen MR) is 88.1 cm³/mol. The fourth-order valence-corrected chi connectivity index (χ4v) is 3.19. The molecule has 0 atom stereocenters. The molecule has 2 rings (SSSR count). The molecule has 0 unspecified atom stereocenters. The normalized spacial score (nSPS) is 12.2. The first-order chi connectivity index (χ1) is 10.2. The van der Waals surface area contributed by atoms with E-state index < -0.39 is 9.84 Å². The van der Waals surface area contributed by atoms with Crippen molar-refractivity contribution in [3.8, 4) is 5.75 Å². The molecule has 0 spiro atoms. The van der Waals surface area contributed by atoms with Crippen molar-refractivity contribution in [2.45, 2.75) is 49.5 Å². The average molecular weight is 318 g/mol. The molecule has 2 aromatic carbocycles. The second-order valence-corrected chi connectivity index (χ2v) is 7.95. The molecule has 0 fully saturated rings.